The molecule has 2 rings (SSSR count). The van der Waals surface area contributed by atoms with Gasteiger partial charge in [0.2, 0.25) is 0 Å². The average molecular weight is 236 g/mol. The number of nitrogens with zero attached hydrogens (tertiary/aromatic N) is 2. The number of hydrogen-bond acceptors (Lipinski definition) is 4. The summed E-state index contributed by atoms with van der Waals surface area (Å²) in [6.45, 7) is 4.12. The Kier molecular flexibility index (Phi) is 4.55. The van der Waals surface area contributed by atoms with Crippen molar-refractivity contribution in [2.24, 2.45) is 0 Å². The quantitative estimate of drug-likeness (QED) is 0.820. The third kappa shape index (κ3) is 3.85. The van der Waals surface area contributed by atoms with E-state index in [1.54, 1.807) is 12.4 Å². The van der Waals surface area contributed by atoms with Gasteiger partial charge in [-0.3, -0.25) is 4.79 Å². The van der Waals surface area contributed by atoms with Gasteiger partial charge in [-0.05, 0) is 25.9 Å². The summed E-state index contributed by atoms with van der Waals surface area (Å²) < 4.78 is 0. The minimum absolute atomic E-state index is 0.150. The monoisotopic (exact) mass is 236 g/mol. The molecule has 0 aromatic carbocycles. The van der Waals surface area contributed by atoms with Crippen molar-refractivity contribution < 1.29 is 0 Å². The zero-order chi connectivity index (χ0) is 11.9. The molecule has 0 aliphatic carbocycles. The molecule has 1 aliphatic heterocycles. The van der Waals surface area contributed by atoms with Crippen LogP contribution in [-0.4, -0.2) is 41.0 Å². The SMILES string of the molecule is O=c1[nH]ccnc1NCCN1CCCCCC1. The van der Waals surface area contributed by atoms with Crippen molar-refractivity contribution in [2.75, 3.05) is 31.5 Å². The third-order valence-corrected chi connectivity index (χ3v) is 3.13. The number of likely N-dealkylation sites (tertiary alicyclic amines) is 1. The maximum Gasteiger partial charge on any atom is 0.290 e. The predicted molar refractivity (Wildman–Crippen MR) is 68.3 cm³/mol. The van der Waals surface area contributed by atoms with Crippen LogP contribution >= 0.6 is 0 Å². The van der Waals surface area contributed by atoms with Crippen molar-refractivity contribution in [3.8, 4) is 0 Å². The first-order valence-electron chi connectivity index (χ1n) is 6.36. The van der Waals surface area contributed by atoms with Gasteiger partial charge in [0.05, 0.1) is 0 Å². The molecule has 0 unspecified atom stereocenters. The third-order valence-electron chi connectivity index (χ3n) is 3.13. The molecule has 0 saturated carbocycles. The Bertz CT molecular complexity index is 382. The molecule has 5 heteroatoms. The summed E-state index contributed by atoms with van der Waals surface area (Å²) in [6.07, 6.45) is 8.43. The van der Waals surface area contributed by atoms with E-state index in [-0.39, 0.29) is 5.56 Å². The number of anilines is 1. The van der Waals surface area contributed by atoms with Crippen molar-refractivity contribution in [3.63, 3.8) is 0 Å². The van der Waals surface area contributed by atoms with Crippen LogP contribution in [0.1, 0.15) is 25.7 Å². The lowest BCUT2D eigenvalue weighted by Crippen LogP contribution is -2.31. The number of aromatic nitrogens is 2. The normalized spacial score (nSPS) is 17.6. The fourth-order valence-corrected chi connectivity index (χ4v) is 2.17. The van der Waals surface area contributed by atoms with E-state index in [9.17, 15) is 4.79 Å². The average Bonchev–Trinajstić information content (AvgIpc) is 2.60. The molecular formula is C12H20N4O. The van der Waals surface area contributed by atoms with E-state index in [4.69, 9.17) is 0 Å². The second kappa shape index (κ2) is 6.39. The van der Waals surface area contributed by atoms with Crippen LogP contribution < -0.4 is 10.9 Å². The maximum atomic E-state index is 11.4. The molecule has 1 fully saturated rings. The Morgan fingerprint density at radius 3 is 2.76 bits per heavy atom. The van der Waals surface area contributed by atoms with E-state index < -0.39 is 0 Å². The molecule has 0 spiro atoms. The Morgan fingerprint density at radius 1 is 1.29 bits per heavy atom. The van der Waals surface area contributed by atoms with Crippen LogP contribution in [-0.2, 0) is 0 Å². The van der Waals surface area contributed by atoms with Crippen LogP contribution in [0, 0.1) is 0 Å². The molecule has 2 heterocycles. The Labute approximate surface area is 101 Å². The number of rotatable bonds is 4. The molecule has 1 aliphatic rings. The Hall–Kier alpha value is -1.36. The molecule has 5 nitrogen and oxygen atoms in total. The maximum absolute atomic E-state index is 11.4. The zero-order valence-corrected chi connectivity index (χ0v) is 10.1. The summed E-state index contributed by atoms with van der Waals surface area (Å²) in [5.74, 6) is 0.419. The van der Waals surface area contributed by atoms with Crippen LogP contribution in [0.25, 0.3) is 0 Å². The first-order valence-corrected chi connectivity index (χ1v) is 6.36. The topological polar surface area (TPSA) is 61.0 Å². The Morgan fingerprint density at radius 2 is 2.06 bits per heavy atom. The molecule has 1 aromatic rings. The molecule has 94 valence electrons. The summed E-state index contributed by atoms with van der Waals surface area (Å²) in [6, 6.07) is 0. The summed E-state index contributed by atoms with van der Waals surface area (Å²) in [5.41, 5.74) is -0.150. The lowest BCUT2D eigenvalue weighted by molar-refractivity contribution is 0.296. The zero-order valence-electron chi connectivity index (χ0n) is 10.1. The highest BCUT2D eigenvalue weighted by Gasteiger charge is 2.08. The van der Waals surface area contributed by atoms with E-state index in [0.29, 0.717) is 5.82 Å². The van der Waals surface area contributed by atoms with E-state index in [1.807, 2.05) is 0 Å². The highest BCUT2D eigenvalue weighted by molar-refractivity contribution is 5.29. The summed E-state index contributed by atoms with van der Waals surface area (Å²) in [4.78, 5) is 20.4. The van der Waals surface area contributed by atoms with Gasteiger partial charge in [0, 0.05) is 25.5 Å². The smallest absolute Gasteiger partial charge is 0.290 e. The number of aromatic amines is 1. The second-order valence-corrected chi connectivity index (χ2v) is 4.45. The molecule has 0 atom stereocenters. The van der Waals surface area contributed by atoms with Gasteiger partial charge >= 0.3 is 0 Å². The van der Waals surface area contributed by atoms with Crippen molar-refractivity contribution in [2.45, 2.75) is 25.7 Å². The van der Waals surface area contributed by atoms with Gasteiger partial charge in [0.15, 0.2) is 5.82 Å². The van der Waals surface area contributed by atoms with Crippen LogP contribution in [0.2, 0.25) is 0 Å². The van der Waals surface area contributed by atoms with Crippen LogP contribution in [0.3, 0.4) is 0 Å². The van der Waals surface area contributed by atoms with Gasteiger partial charge in [-0.2, -0.15) is 0 Å². The summed E-state index contributed by atoms with van der Waals surface area (Å²) in [7, 11) is 0. The minimum atomic E-state index is -0.150. The first-order chi connectivity index (χ1) is 8.36. The lowest BCUT2D eigenvalue weighted by atomic mass is 10.2. The number of nitrogens with one attached hydrogen (secondary N) is 2. The van der Waals surface area contributed by atoms with Gasteiger partial charge in [-0.1, -0.05) is 12.8 Å². The molecule has 2 N–H and O–H groups in total. The Balaban J connectivity index is 1.75. The molecule has 1 aromatic heterocycles. The highest BCUT2D eigenvalue weighted by Crippen LogP contribution is 2.08. The van der Waals surface area contributed by atoms with Crippen LogP contribution in [0.5, 0.6) is 0 Å². The van der Waals surface area contributed by atoms with Gasteiger partial charge in [-0.25, -0.2) is 4.98 Å². The largest absolute Gasteiger partial charge is 0.364 e. The van der Waals surface area contributed by atoms with Crippen molar-refractivity contribution >= 4 is 5.82 Å². The van der Waals surface area contributed by atoms with Gasteiger partial charge in [-0.15, -0.1) is 0 Å². The fraction of sp³-hybridized carbons (Fsp3) is 0.667. The van der Waals surface area contributed by atoms with E-state index in [0.717, 1.165) is 13.1 Å². The van der Waals surface area contributed by atoms with Gasteiger partial charge in [0.25, 0.3) is 5.56 Å². The molecule has 17 heavy (non-hydrogen) atoms. The lowest BCUT2D eigenvalue weighted by Gasteiger charge is -2.19. The van der Waals surface area contributed by atoms with Crippen LogP contribution in [0.15, 0.2) is 17.2 Å². The molecule has 0 bridgehead atoms. The van der Waals surface area contributed by atoms with Gasteiger partial charge < -0.3 is 15.2 Å². The number of H-pyrrole nitrogens is 1. The van der Waals surface area contributed by atoms with Crippen molar-refractivity contribution in [1.29, 1.82) is 0 Å². The summed E-state index contributed by atoms with van der Waals surface area (Å²) >= 11 is 0. The molecule has 0 amide bonds. The first kappa shape index (κ1) is 12.1. The van der Waals surface area contributed by atoms with Crippen molar-refractivity contribution in [3.05, 3.63) is 22.7 Å². The highest BCUT2D eigenvalue weighted by atomic mass is 16.1. The van der Waals surface area contributed by atoms with E-state index in [2.05, 4.69) is 20.2 Å². The number of hydrogen-bond donors (Lipinski definition) is 2. The summed E-state index contributed by atoms with van der Waals surface area (Å²) in [5, 5.41) is 3.08. The molecule has 0 radical (unpaired) electrons. The van der Waals surface area contributed by atoms with Crippen molar-refractivity contribution in [1.82, 2.24) is 14.9 Å². The standard InChI is InChI=1S/C12H20N4O/c17-12-11(13-5-6-15-12)14-7-10-16-8-3-1-2-4-9-16/h5-6H,1-4,7-10H2,(H,13,14)(H,15,17). The fourth-order valence-electron chi connectivity index (χ4n) is 2.17. The predicted octanol–water partition coefficient (Wildman–Crippen LogP) is 1.06. The van der Waals surface area contributed by atoms with Gasteiger partial charge in [0.1, 0.15) is 0 Å². The minimum Gasteiger partial charge on any atom is -0.364 e. The molecular weight excluding hydrogens is 216 g/mol. The van der Waals surface area contributed by atoms with E-state index >= 15 is 0 Å². The second-order valence-electron chi connectivity index (χ2n) is 4.45. The molecule has 1 saturated heterocycles. The van der Waals surface area contributed by atoms with Crippen LogP contribution in [0.4, 0.5) is 5.82 Å². The van der Waals surface area contributed by atoms with E-state index in [1.165, 1.54) is 38.8 Å².